The van der Waals surface area contributed by atoms with Crippen molar-refractivity contribution in [3.8, 4) is 0 Å². The zero-order valence-corrected chi connectivity index (χ0v) is 10.4. The number of hydrogen-bond donors (Lipinski definition) is 1. The van der Waals surface area contributed by atoms with E-state index in [0.717, 1.165) is 19.5 Å². The molecule has 0 aromatic heterocycles. The molecule has 1 N–H and O–H groups in total. The monoisotopic (exact) mass is 226 g/mol. The molecule has 2 fully saturated rings. The number of likely N-dealkylation sites (tertiary alicyclic amines) is 1. The van der Waals surface area contributed by atoms with Crippen LogP contribution >= 0.6 is 0 Å². The van der Waals surface area contributed by atoms with Crippen LogP contribution in [0.4, 0.5) is 4.79 Å². The van der Waals surface area contributed by atoms with E-state index in [1.54, 1.807) is 0 Å². The van der Waals surface area contributed by atoms with Gasteiger partial charge in [0.05, 0.1) is 12.6 Å². The van der Waals surface area contributed by atoms with Crippen LogP contribution in [-0.2, 0) is 4.74 Å². The first kappa shape index (κ1) is 11.7. The number of nitrogens with one attached hydrogen (secondary N) is 1. The van der Waals surface area contributed by atoms with Crippen LogP contribution in [0.3, 0.4) is 0 Å². The number of ether oxygens (including phenoxy) is 1. The third kappa shape index (κ3) is 2.17. The van der Waals surface area contributed by atoms with Crippen LogP contribution in [0.1, 0.15) is 27.2 Å². The average Bonchev–Trinajstić information content (AvgIpc) is 2.73. The van der Waals surface area contributed by atoms with Crippen molar-refractivity contribution in [2.24, 2.45) is 11.8 Å². The number of carbonyl (C=O) groups excluding carboxylic acids is 1. The van der Waals surface area contributed by atoms with Gasteiger partial charge in [0, 0.05) is 19.1 Å². The maximum absolute atomic E-state index is 12.0. The van der Waals surface area contributed by atoms with Crippen molar-refractivity contribution in [3.63, 3.8) is 0 Å². The van der Waals surface area contributed by atoms with Crippen LogP contribution in [0.2, 0.25) is 0 Å². The molecule has 0 saturated carbocycles. The van der Waals surface area contributed by atoms with Crippen molar-refractivity contribution in [3.05, 3.63) is 0 Å². The summed E-state index contributed by atoms with van der Waals surface area (Å²) < 4.78 is 5.33. The molecule has 0 unspecified atom stereocenters. The molecule has 0 aromatic carbocycles. The fraction of sp³-hybridized carbons (Fsp3) is 0.917. The van der Waals surface area contributed by atoms with Gasteiger partial charge in [0.15, 0.2) is 0 Å². The summed E-state index contributed by atoms with van der Waals surface area (Å²) in [4.78, 5) is 13.9. The Morgan fingerprint density at radius 2 is 2.25 bits per heavy atom. The van der Waals surface area contributed by atoms with E-state index < -0.39 is 0 Å². The van der Waals surface area contributed by atoms with Crippen LogP contribution in [0.25, 0.3) is 0 Å². The molecule has 0 radical (unpaired) electrons. The van der Waals surface area contributed by atoms with Gasteiger partial charge in [-0.3, -0.25) is 0 Å². The second-order valence-electron chi connectivity index (χ2n) is 5.45. The molecule has 1 amide bonds. The van der Waals surface area contributed by atoms with Crippen molar-refractivity contribution in [2.75, 3.05) is 19.7 Å². The zero-order valence-electron chi connectivity index (χ0n) is 10.4. The highest BCUT2D eigenvalue weighted by Crippen LogP contribution is 2.32. The molecule has 16 heavy (non-hydrogen) atoms. The third-order valence-electron chi connectivity index (χ3n) is 3.53. The van der Waals surface area contributed by atoms with Gasteiger partial charge in [0.25, 0.3) is 0 Å². The van der Waals surface area contributed by atoms with Gasteiger partial charge in [-0.15, -0.1) is 0 Å². The molecule has 4 nitrogen and oxygen atoms in total. The summed E-state index contributed by atoms with van der Waals surface area (Å²) in [6.45, 7) is 8.72. The van der Waals surface area contributed by atoms with Gasteiger partial charge in [0.1, 0.15) is 0 Å². The number of carbonyl (C=O) groups is 1. The summed E-state index contributed by atoms with van der Waals surface area (Å²) in [7, 11) is 0. The number of nitrogens with zero attached hydrogens (tertiary/aromatic N) is 1. The zero-order chi connectivity index (χ0) is 11.7. The number of rotatable bonds is 2. The molecule has 0 bridgehead atoms. The third-order valence-corrected chi connectivity index (χ3v) is 3.53. The molecular weight excluding hydrogens is 204 g/mol. The normalized spacial score (nSPS) is 33.2. The predicted octanol–water partition coefficient (Wildman–Crippen LogP) is 1.46. The minimum Gasteiger partial charge on any atom is -0.449 e. The Balaban J connectivity index is 1.94. The van der Waals surface area contributed by atoms with E-state index in [1.165, 1.54) is 0 Å². The van der Waals surface area contributed by atoms with Gasteiger partial charge >= 0.3 is 6.09 Å². The predicted molar refractivity (Wildman–Crippen MR) is 62.3 cm³/mol. The SMILES string of the molecule is CC(C)COC(=O)N1[C@@H](C)C[C@@H]2CNC[C@@H]21. The summed E-state index contributed by atoms with van der Waals surface area (Å²) >= 11 is 0. The van der Waals surface area contributed by atoms with Crippen molar-refractivity contribution in [1.82, 2.24) is 10.2 Å². The molecule has 92 valence electrons. The Morgan fingerprint density at radius 3 is 2.94 bits per heavy atom. The average molecular weight is 226 g/mol. The molecule has 0 aliphatic carbocycles. The van der Waals surface area contributed by atoms with Gasteiger partial charge < -0.3 is 15.0 Å². The fourth-order valence-electron chi connectivity index (χ4n) is 2.79. The largest absolute Gasteiger partial charge is 0.449 e. The maximum atomic E-state index is 12.0. The molecule has 4 heteroatoms. The Morgan fingerprint density at radius 1 is 1.50 bits per heavy atom. The van der Waals surface area contributed by atoms with E-state index in [1.807, 2.05) is 4.90 Å². The van der Waals surface area contributed by atoms with Crippen LogP contribution < -0.4 is 5.32 Å². The molecule has 0 spiro atoms. The molecule has 2 rings (SSSR count). The minimum absolute atomic E-state index is 0.127. The van der Waals surface area contributed by atoms with E-state index in [0.29, 0.717) is 30.5 Å². The minimum atomic E-state index is -0.127. The summed E-state index contributed by atoms with van der Waals surface area (Å²) in [6.07, 6.45) is 0.978. The van der Waals surface area contributed by atoms with Gasteiger partial charge in [-0.2, -0.15) is 0 Å². The standard InChI is InChI=1S/C12H22N2O2/c1-8(2)7-16-12(15)14-9(3)4-10-5-13-6-11(10)14/h8-11,13H,4-7H2,1-3H3/t9-,10+,11-/m0/s1. The van der Waals surface area contributed by atoms with Crippen molar-refractivity contribution in [1.29, 1.82) is 0 Å². The molecule has 2 saturated heterocycles. The quantitative estimate of drug-likeness (QED) is 0.775. The fourth-order valence-corrected chi connectivity index (χ4v) is 2.79. The van der Waals surface area contributed by atoms with Crippen LogP contribution in [0.15, 0.2) is 0 Å². The van der Waals surface area contributed by atoms with Crippen LogP contribution in [-0.4, -0.2) is 42.8 Å². The lowest BCUT2D eigenvalue weighted by Gasteiger charge is -2.27. The first-order valence-corrected chi connectivity index (χ1v) is 6.25. The molecule has 0 aromatic rings. The summed E-state index contributed by atoms with van der Waals surface area (Å²) in [6, 6.07) is 0.687. The molecule has 2 aliphatic rings. The van der Waals surface area contributed by atoms with E-state index in [2.05, 4.69) is 26.1 Å². The first-order valence-electron chi connectivity index (χ1n) is 6.25. The lowest BCUT2D eigenvalue weighted by atomic mass is 10.0. The van der Waals surface area contributed by atoms with Crippen molar-refractivity contribution in [2.45, 2.75) is 39.3 Å². The van der Waals surface area contributed by atoms with E-state index >= 15 is 0 Å². The van der Waals surface area contributed by atoms with E-state index in [9.17, 15) is 4.79 Å². The molecule has 2 aliphatic heterocycles. The lowest BCUT2D eigenvalue weighted by Crippen LogP contribution is -2.43. The van der Waals surface area contributed by atoms with E-state index in [-0.39, 0.29) is 6.09 Å². The summed E-state index contributed by atoms with van der Waals surface area (Å²) in [5, 5.41) is 3.35. The number of hydrogen-bond acceptors (Lipinski definition) is 3. The molecule has 2 heterocycles. The Labute approximate surface area is 97.3 Å². The Bertz CT molecular complexity index is 268. The highest BCUT2D eigenvalue weighted by molar-refractivity contribution is 5.69. The summed E-state index contributed by atoms with van der Waals surface area (Å²) in [5.74, 6) is 1.03. The maximum Gasteiger partial charge on any atom is 0.410 e. The second kappa shape index (κ2) is 4.62. The molecule has 3 atom stereocenters. The number of fused-ring (bicyclic) bond motifs is 1. The summed E-state index contributed by atoms with van der Waals surface area (Å²) in [5.41, 5.74) is 0. The van der Waals surface area contributed by atoms with Gasteiger partial charge in [-0.05, 0) is 25.2 Å². The van der Waals surface area contributed by atoms with Crippen LogP contribution in [0, 0.1) is 11.8 Å². The highest BCUT2D eigenvalue weighted by atomic mass is 16.6. The van der Waals surface area contributed by atoms with Gasteiger partial charge in [-0.1, -0.05) is 13.8 Å². The van der Waals surface area contributed by atoms with Gasteiger partial charge in [0.2, 0.25) is 0 Å². The van der Waals surface area contributed by atoms with E-state index in [4.69, 9.17) is 4.74 Å². The Kier molecular flexibility index (Phi) is 3.38. The Hall–Kier alpha value is -0.770. The van der Waals surface area contributed by atoms with Crippen molar-refractivity contribution < 1.29 is 9.53 Å². The van der Waals surface area contributed by atoms with Gasteiger partial charge in [-0.25, -0.2) is 4.79 Å². The van der Waals surface area contributed by atoms with Crippen molar-refractivity contribution >= 4 is 6.09 Å². The molecular formula is C12H22N2O2. The van der Waals surface area contributed by atoms with Crippen LogP contribution in [0.5, 0.6) is 0 Å². The smallest absolute Gasteiger partial charge is 0.410 e. The lowest BCUT2D eigenvalue weighted by molar-refractivity contribution is 0.0778. The topological polar surface area (TPSA) is 41.6 Å². The highest BCUT2D eigenvalue weighted by Gasteiger charge is 2.44. The first-order chi connectivity index (χ1) is 7.59. The second-order valence-corrected chi connectivity index (χ2v) is 5.45. The number of amides is 1.